The molecule has 6 heteroatoms. The van der Waals surface area contributed by atoms with Crippen LogP contribution in [-0.2, 0) is 6.42 Å². The molecule has 3 rings (SSSR count). The van der Waals surface area contributed by atoms with E-state index >= 15 is 0 Å². The van der Waals surface area contributed by atoms with Crippen molar-refractivity contribution in [2.45, 2.75) is 19.3 Å². The zero-order chi connectivity index (χ0) is 18.7. The summed E-state index contributed by atoms with van der Waals surface area (Å²) in [7, 11) is 3.13. The Labute approximate surface area is 150 Å². The summed E-state index contributed by atoms with van der Waals surface area (Å²) in [5, 5.41) is 0.560. The largest absolute Gasteiger partial charge is 0.493 e. The molecule has 2 aromatic carbocycles. The minimum atomic E-state index is -0.605. The Bertz CT molecular complexity index is 922. The molecule has 26 heavy (non-hydrogen) atoms. The van der Waals surface area contributed by atoms with Gasteiger partial charge in [-0.1, -0.05) is 0 Å². The molecule has 138 valence electrons. The number of aromatic amines is 1. The lowest BCUT2D eigenvalue weighted by Crippen LogP contribution is -1.99. The monoisotopic (exact) mass is 360 g/mol. The number of nitrogens with two attached hydrogens (primary N) is 1. The predicted molar refractivity (Wildman–Crippen MR) is 98.7 cm³/mol. The molecule has 0 saturated carbocycles. The van der Waals surface area contributed by atoms with Gasteiger partial charge < -0.3 is 20.2 Å². The second-order valence-corrected chi connectivity index (χ2v) is 6.10. The number of hydrogen-bond donors (Lipinski definition) is 2. The van der Waals surface area contributed by atoms with Crippen molar-refractivity contribution in [2.24, 2.45) is 5.73 Å². The Kier molecular flexibility index (Phi) is 5.42. The van der Waals surface area contributed by atoms with Crippen molar-refractivity contribution in [2.75, 3.05) is 20.8 Å². The van der Waals surface area contributed by atoms with Crippen LogP contribution in [0, 0.1) is 11.6 Å². The number of fused-ring (bicyclic) bond motifs is 1. The van der Waals surface area contributed by atoms with Gasteiger partial charge in [0.2, 0.25) is 0 Å². The van der Waals surface area contributed by atoms with E-state index in [-0.39, 0.29) is 0 Å². The van der Waals surface area contributed by atoms with Crippen molar-refractivity contribution in [1.29, 1.82) is 0 Å². The average molecular weight is 360 g/mol. The van der Waals surface area contributed by atoms with E-state index < -0.39 is 11.6 Å². The third-order valence-corrected chi connectivity index (χ3v) is 4.49. The summed E-state index contributed by atoms with van der Waals surface area (Å²) in [5.41, 5.74) is 8.34. The number of ether oxygens (including phenoxy) is 2. The van der Waals surface area contributed by atoms with Crippen molar-refractivity contribution in [3.8, 4) is 22.8 Å². The maximum atomic E-state index is 14.3. The van der Waals surface area contributed by atoms with E-state index in [0.29, 0.717) is 35.4 Å². The number of unbranched alkanes of at least 4 members (excludes halogenated alkanes) is 1. The van der Waals surface area contributed by atoms with Gasteiger partial charge in [-0.15, -0.1) is 0 Å². The molecule has 0 bridgehead atoms. The van der Waals surface area contributed by atoms with E-state index in [1.807, 2.05) is 12.1 Å². The standard InChI is InChI=1S/C20H22F2N2O2/c1-25-17-7-6-12(9-18(17)26-2)19-14(5-3-4-8-23)15-10-13(21)11-16(22)20(15)24-19/h6-7,9-11,24H,3-5,8,23H2,1-2H3. The maximum absolute atomic E-state index is 14.3. The van der Waals surface area contributed by atoms with Crippen LogP contribution in [0.3, 0.4) is 0 Å². The van der Waals surface area contributed by atoms with E-state index in [1.54, 1.807) is 20.3 Å². The fourth-order valence-electron chi connectivity index (χ4n) is 3.22. The van der Waals surface area contributed by atoms with E-state index in [1.165, 1.54) is 6.07 Å². The SMILES string of the molecule is COc1ccc(-c2[nH]c3c(F)cc(F)cc3c2CCCCN)cc1OC. The molecule has 0 radical (unpaired) electrons. The Morgan fingerprint density at radius 2 is 1.77 bits per heavy atom. The van der Waals surface area contributed by atoms with Crippen LogP contribution in [0.15, 0.2) is 30.3 Å². The summed E-state index contributed by atoms with van der Waals surface area (Å²) in [6.07, 6.45) is 2.35. The van der Waals surface area contributed by atoms with Gasteiger partial charge >= 0.3 is 0 Å². The van der Waals surface area contributed by atoms with Gasteiger partial charge in [0.15, 0.2) is 11.5 Å². The van der Waals surface area contributed by atoms with Crippen molar-refractivity contribution in [1.82, 2.24) is 4.98 Å². The Morgan fingerprint density at radius 3 is 2.46 bits per heavy atom. The first-order chi connectivity index (χ1) is 12.6. The molecule has 1 heterocycles. The quantitative estimate of drug-likeness (QED) is 0.614. The lowest BCUT2D eigenvalue weighted by molar-refractivity contribution is 0.355. The van der Waals surface area contributed by atoms with Gasteiger partial charge in [0.25, 0.3) is 0 Å². The molecule has 3 aromatic rings. The zero-order valence-electron chi connectivity index (χ0n) is 14.9. The van der Waals surface area contributed by atoms with Crippen LogP contribution in [-0.4, -0.2) is 25.7 Å². The molecule has 4 nitrogen and oxygen atoms in total. The lowest BCUT2D eigenvalue weighted by atomic mass is 10.00. The van der Waals surface area contributed by atoms with Gasteiger partial charge in [0, 0.05) is 22.7 Å². The second-order valence-electron chi connectivity index (χ2n) is 6.10. The smallest absolute Gasteiger partial charge is 0.161 e. The highest BCUT2D eigenvalue weighted by atomic mass is 19.1. The predicted octanol–water partition coefficient (Wildman–Crippen LogP) is 4.41. The highest BCUT2D eigenvalue weighted by Gasteiger charge is 2.18. The molecule has 0 saturated heterocycles. The van der Waals surface area contributed by atoms with Crippen LogP contribution in [0.1, 0.15) is 18.4 Å². The molecule has 0 aliphatic rings. The van der Waals surface area contributed by atoms with E-state index in [9.17, 15) is 8.78 Å². The molecule has 0 aliphatic heterocycles. The normalized spacial score (nSPS) is 11.1. The summed E-state index contributed by atoms with van der Waals surface area (Å²) in [5.74, 6) is -0.0165. The highest BCUT2D eigenvalue weighted by molar-refractivity contribution is 5.91. The molecule has 0 amide bonds. The number of benzene rings is 2. The van der Waals surface area contributed by atoms with Crippen molar-refractivity contribution in [3.05, 3.63) is 47.5 Å². The Balaban J connectivity index is 2.17. The van der Waals surface area contributed by atoms with Crippen LogP contribution in [0.25, 0.3) is 22.2 Å². The zero-order valence-corrected chi connectivity index (χ0v) is 14.9. The Morgan fingerprint density at radius 1 is 1.00 bits per heavy atom. The van der Waals surface area contributed by atoms with E-state index in [4.69, 9.17) is 15.2 Å². The molecule has 0 unspecified atom stereocenters. The van der Waals surface area contributed by atoms with Crippen LogP contribution in [0.5, 0.6) is 11.5 Å². The second kappa shape index (κ2) is 7.74. The molecular formula is C20H22F2N2O2. The lowest BCUT2D eigenvalue weighted by Gasteiger charge is -2.10. The topological polar surface area (TPSA) is 60.3 Å². The van der Waals surface area contributed by atoms with Crippen LogP contribution in [0.2, 0.25) is 0 Å². The van der Waals surface area contributed by atoms with Crippen molar-refractivity contribution < 1.29 is 18.3 Å². The third-order valence-electron chi connectivity index (χ3n) is 4.49. The highest BCUT2D eigenvalue weighted by Crippen LogP contribution is 2.37. The molecule has 0 atom stereocenters. The minimum Gasteiger partial charge on any atom is -0.493 e. The van der Waals surface area contributed by atoms with Crippen LogP contribution < -0.4 is 15.2 Å². The average Bonchev–Trinajstić information content (AvgIpc) is 3.00. The molecule has 0 aliphatic carbocycles. The van der Waals surface area contributed by atoms with Gasteiger partial charge in [-0.05, 0) is 55.6 Å². The molecule has 1 aromatic heterocycles. The summed E-state index contributed by atoms with van der Waals surface area (Å²) in [4.78, 5) is 3.12. The van der Waals surface area contributed by atoms with Crippen molar-refractivity contribution in [3.63, 3.8) is 0 Å². The van der Waals surface area contributed by atoms with Gasteiger partial charge in [-0.25, -0.2) is 8.78 Å². The molecular weight excluding hydrogens is 338 g/mol. The van der Waals surface area contributed by atoms with E-state index in [0.717, 1.165) is 35.7 Å². The van der Waals surface area contributed by atoms with Gasteiger partial charge in [0.1, 0.15) is 11.6 Å². The minimum absolute atomic E-state index is 0.305. The summed E-state index contributed by atoms with van der Waals surface area (Å²) in [6.45, 7) is 0.580. The first kappa shape index (κ1) is 18.2. The number of rotatable bonds is 7. The van der Waals surface area contributed by atoms with E-state index in [2.05, 4.69) is 4.98 Å². The number of H-pyrrole nitrogens is 1. The molecule has 0 spiro atoms. The van der Waals surface area contributed by atoms with Crippen LogP contribution >= 0.6 is 0 Å². The fraction of sp³-hybridized carbons (Fsp3) is 0.300. The van der Waals surface area contributed by atoms with Crippen LogP contribution in [0.4, 0.5) is 8.78 Å². The number of aryl methyl sites for hydroxylation is 1. The molecule has 3 N–H and O–H groups in total. The van der Waals surface area contributed by atoms with Gasteiger partial charge in [-0.2, -0.15) is 0 Å². The number of nitrogens with one attached hydrogen (secondary N) is 1. The summed E-state index contributed by atoms with van der Waals surface area (Å²) in [6, 6.07) is 7.75. The third kappa shape index (κ3) is 3.37. The van der Waals surface area contributed by atoms with Gasteiger partial charge in [-0.3, -0.25) is 0 Å². The first-order valence-electron chi connectivity index (χ1n) is 8.51. The Hall–Kier alpha value is -2.60. The summed E-state index contributed by atoms with van der Waals surface area (Å²) >= 11 is 0. The number of methoxy groups -OCH3 is 2. The number of hydrogen-bond acceptors (Lipinski definition) is 3. The number of halogens is 2. The number of aromatic nitrogens is 1. The fourth-order valence-corrected chi connectivity index (χ4v) is 3.22. The van der Waals surface area contributed by atoms with Crippen molar-refractivity contribution >= 4 is 10.9 Å². The first-order valence-corrected chi connectivity index (χ1v) is 8.51. The summed E-state index contributed by atoms with van der Waals surface area (Å²) < 4.78 is 38.7. The molecule has 0 fully saturated rings. The maximum Gasteiger partial charge on any atom is 0.161 e. The van der Waals surface area contributed by atoms with Gasteiger partial charge in [0.05, 0.1) is 19.7 Å².